The van der Waals surface area contributed by atoms with E-state index in [-0.39, 0.29) is 30.3 Å². The molecule has 3 rings (SSSR count). The van der Waals surface area contributed by atoms with Crippen LogP contribution in [0, 0.1) is 17.0 Å². The standard InChI is InChI=1S/C20H20N2O7/c1-3-13-6-4-5-12(2)19(13)21-18(23)11-29-20(24)14-9-16-17(28-8-7-27-16)10-15(14)22(25)26/h4-6,9-10H,3,7-8,11H2,1-2H3,(H,21,23). The molecule has 0 aromatic heterocycles. The van der Waals surface area contributed by atoms with Gasteiger partial charge in [-0.25, -0.2) is 4.79 Å². The van der Waals surface area contributed by atoms with Crippen molar-refractivity contribution in [1.82, 2.24) is 0 Å². The fourth-order valence-electron chi connectivity index (χ4n) is 2.98. The van der Waals surface area contributed by atoms with Gasteiger partial charge in [-0.1, -0.05) is 25.1 Å². The molecule has 152 valence electrons. The van der Waals surface area contributed by atoms with Crippen LogP contribution in [-0.4, -0.2) is 36.6 Å². The zero-order valence-electron chi connectivity index (χ0n) is 16.0. The van der Waals surface area contributed by atoms with Crippen molar-refractivity contribution in [2.24, 2.45) is 0 Å². The molecule has 0 fully saturated rings. The number of nitro benzene ring substituents is 1. The number of para-hydroxylation sites is 1. The molecule has 1 heterocycles. The number of fused-ring (bicyclic) bond motifs is 1. The van der Waals surface area contributed by atoms with Crippen molar-refractivity contribution in [2.75, 3.05) is 25.1 Å². The lowest BCUT2D eigenvalue weighted by molar-refractivity contribution is -0.385. The molecule has 1 aliphatic rings. The Morgan fingerprint density at radius 3 is 2.55 bits per heavy atom. The third-order valence-electron chi connectivity index (χ3n) is 4.42. The lowest BCUT2D eigenvalue weighted by Crippen LogP contribution is -2.23. The van der Waals surface area contributed by atoms with E-state index in [1.807, 2.05) is 32.0 Å². The summed E-state index contributed by atoms with van der Waals surface area (Å²) >= 11 is 0. The van der Waals surface area contributed by atoms with Crippen molar-refractivity contribution in [1.29, 1.82) is 0 Å². The summed E-state index contributed by atoms with van der Waals surface area (Å²) in [4.78, 5) is 35.3. The molecule has 29 heavy (non-hydrogen) atoms. The maximum absolute atomic E-state index is 12.4. The molecule has 0 radical (unpaired) electrons. The van der Waals surface area contributed by atoms with Crippen molar-refractivity contribution < 1.29 is 28.7 Å². The second kappa shape index (κ2) is 8.59. The number of amides is 1. The number of aryl methyl sites for hydroxylation is 2. The van der Waals surface area contributed by atoms with Gasteiger partial charge in [0.2, 0.25) is 0 Å². The minimum absolute atomic E-state index is 0.184. The highest BCUT2D eigenvalue weighted by molar-refractivity contribution is 5.98. The molecule has 2 aromatic carbocycles. The Morgan fingerprint density at radius 1 is 1.21 bits per heavy atom. The van der Waals surface area contributed by atoms with Gasteiger partial charge in [-0.3, -0.25) is 14.9 Å². The Hall–Kier alpha value is -3.62. The van der Waals surface area contributed by atoms with Gasteiger partial charge in [0.25, 0.3) is 11.6 Å². The summed E-state index contributed by atoms with van der Waals surface area (Å²) in [7, 11) is 0. The summed E-state index contributed by atoms with van der Waals surface area (Å²) < 4.78 is 15.7. The number of esters is 1. The summed E-state index contributed by atoms with van der Waals surface area (Å²) in [6, 6.07) is 7.97. The summed E-state index contributed by atoms with van der Waals surface area (Å²) in [5.41, 5.74) is 1.71. The Bertz CT molecular complexity index is 972. The van der Waals surface area contributed by atoms with E-state index in [9.17, 15) is 19.7 Å². The predicted octanol–water partition coefficient (Wildman–Crippen LogP) is 3.03. The van der Waals surface area contributed by atoms with E-state index >= 15 is 0 Å². The van der Waals surface area contributed by atoms with Crippen molar-refractivity contribution >= 4 is 23.3 Å². The number of benzene rings is 2. The molecular formula is C20H20N2O7. The van der Waals surface area contributed by atoms with Crippen LogP contribution in [0.1, 0.15) is 28.4 Å². The molecule has 0 atom stereocenters. The zero-order chi connectivity index (χ0) is 21.0. The SMILES string of the molecule is CCc1cccc(C)c1NC(=O)COC(=O)c1cc2c(cc1[N+](=O)[O-])OCCO2. The van der Waals surface area contributed by atoms with Crippen molar-refractivity contribution in [3.63, 3.8) is 0 Å². The third-order valence-corrected chi connectivity index (χ3v) is 4.42. The highest BCUT2D eigenvalue weighted by atomic mass is 16.6. The van der Waals surface area contributed by atoms with E-state index in [1.165, 1.54) is 6.07 Å². The number of nitro groups is 1. The molecule has 0 spiro atoms. The molecular weight excluding hydrogens is 380 g/mol. The topological polar surface area (TPSA) is 117 Å². The molecule has 0 aliphatic carbocycles. The first kappa shape index (κ1) is 20.1. The number of nitrogens with one attached hydrogen (secondary N) is 1. The number of ether oxygens (including phenoxy) is 3. The normalized spacial score (nSPS) is 12.2. The fourth-order valence-corrected chi connectivity index (χ4v) is 2.98. The van der Waals surface area contributed by atoms with Crippen LogP contribution in [0.5, 0.6) is 11.5 Å². The fraction of sp³-hybridized carbons (Fsp3) is 0.300. The highest BCUT2D eigenvalue weighted by Gasteiger charge is 2.27. The molecule has 0 saturated heterocycles. The molecule has 2 aromatic rings. The van der Waals surface area contributed by atoms with Gasteiger partial charge < -0.3 is 19.5 Å². The lowest BCUT2D eigenvalue weighted by Gasteiger charge is -2.18. The maximum Gasteiger partial charge on any atom is 0.345 e. The van der Waals surface area contributed by atoms with E-state index in [4.69, 9.17) is 14.2 Å². The van der Waals surface area contributed by atoms with E-state index in [2.05, 4.69) is 5.32 Å². The molecule has 9 nitrogen and oxygen atoms in total. The Morgan fingerprint density at radius 2 is 1.90 bits per heavy atom. The van der Waals surface area contributed by atoms with Gasteiger partial charge in [0.15, 0.2) is 18.1 Å². The van der Waals surface area contributed by atoms with Crippen LogP contribution in [-0.2, 0) is 16.0 Å². The Kier molecular flexibility index (Phi) is 5.96. The lowest BCUT2D eigenvalue weighted by atomic mass is 10.1. The number of hydrogen-bond acceptors (Lipinski definition) is 7. The highest BCUT2D eigenvalue weighted by Crippen LogP contribution is 2.36. The average molecular weight is 400 g/mol. The van der Waals surface area contributed by atoms with Crippen LogP contribution < -0.4 is 14.8 Å². The van der Waals surface area contributed by atoms with Gasteiger partial charge in [-0.05, 0) is 24.5 Å². The number of carbonyl (C=O) groups excluding carboxylic acids is 2. The van der Waals surface area contributed by atoms with Gasteiger partial charge in [-0.15, -0.1) is 0 Å². The van der Waals surface area contributed by atoms with Crippen LogP contribution >= 0.6 is 0 Å². The van der Waals surface area contributed by atoms with Crippen LogP contribution in [0.25, 0.3) is 0 Å². The monoisotopic (exact) mass is 400 g/mol. The van der Waals surface area contributed by atoms with Crippen molar-refractivity contribution in [3.05, 3.63) is 57.1 Å². The van der Waals surface area contributed by atoms with E-state index < -0.39 is 29.1 Å². The number of rotatable bonds is 6. The Labute approximate surface area is 166 Å². The zero-order valence-corrected chi connectivity index (χ0v) is 16.0. The van der Waals surface area contributed by atoms with Gasteiger partial charge >= 0.3 is 5.97 Å². The molecule has 1 aliphatic heterocycles. The van der Waals surface area contributed by atoms with Crippen LogP contribution in [0.4, 0.5) is 11.4 Å². The van der Waals surface area contributed by atoms with Gasteiger partial charge in [0, 0.05) is 11.8 Å². The van der Waals surface area contributed by atoms with E-state index in [0.717, 1.165) is 23.6 Å². The number of nitrogens with zero attached hydrogens (tertiary/aromatic N) is 1. The number of carbonyl (C=O) groups is 2. The summed E-state index contributed by atoms with van der Waals surface area (Å²) in [6.07, 6.45) is 0.723. The minimum Gasteiger partial charge on any atom is -0.486 e. The number of anilines is 1. The second-order valence-electron chi connectivity index (χ2n) is 6.36. The van der Waals surface area contributed by atoms with Crippen LogP contribution in [0.2, 0.25) is 0 Å². The molecule has 1 N–H and O–H groups in total. The smallest absolute Gasteiger partial charge is 0.345 e. The quantitative estimate of drug-likeness (QED) is 0.450. The molecule has 0 unspecified atom stereocenters. The van der Waals surface area contributed by atoms with Gasteiger partial charge in [-0.2, -0.15) is 0 Å². The minimum atomic E-state index is -0.996. The molecule has 0 saturated carbocycles. The first-order chi connectivity index (χ1) is 13.9. The Balaban J connectivity index is 1.72. The predicted molar refractivity (Wildman–Crippen MR) is 104 cm³/mol. The first-order valence-electron chi connectivity index (χ1n) is 9.04. The first-order valence-corrected chi connectivity index (χ1v) is 9.04. The van der Waals surface area contributed by atoms with Gasteiger partial charge in [0.1, 0.15) is 18.8 Å². The van der Waals surface area contributed by atoms with Crippen molar-refractivity contribution in [2.45, 2.75) is 20.3 Å². The molecule has 0 bridgehead atoms. The van der Waals surface area contributed by atoms with Crippen molar-refractivity contribution in [3.8, 4) is 11.5 Å². The summed E-state index contributed by atoms with van der Waals surface area (Å²) in [5.74, 6) is -1.14. The van der Waals surface area contributed by atoms with Gasteiger partial charge in [0.05, 0.1) is 11.0 Å². The summed E-state index contributed by atoms with van der Waals surface area (Å²) in [5, 5.41) is 14.1. The van der Waals surface area contributed by atoms with E-state index in [1.54, 1.807) is 0 Å². The maximum atomic E-state index is 12.4. The molecule has 9 heteroatoms. The third kappa shape index (κ3) is 4.45. The van der Waals surface area contributed by atoms with Crippen LogP contribution in [0.3, 0.4) is 0 Å². The largest absolute Gasteiger partial charge is 0.486 e. The van der Waals surface area contributed by atoms with E-state index in [0.29, 0.717) is 5.69 Å². The molecule has 1 amide bonds. The van der Waals surface area contributed by atoms with Crippen LogP contribution in [0.15, 0.2) is 30.3 Å². The second-order valence-corrected chi connectivity index (χ2v) is 6.36. The number of hydrogen-bond donors (Lipinski definition) is 1. The summed E-state index contributed by atoms with van der Waals surface area (Å²) in [6.45, 7) is 3.76. The average Bonchev–Trinajstić information content (AvgIpc) is 2.72.